The second-order valence-electron chi connectivity index (χ2n) is 3.35. The average Bonchev–Trinajstić information content (AvgIpc) is 2.28. The number of hydrogen-bond donors (Lipinski definition) is 0. The lowest BCUT2D eigenvalue weighted by atomic mass is 10.1. The monoisotopic (exact) mass is 258 g/mol. The van der Waals surface area contributed by atoms with Crippen molar-refractivity contribution in [3.05, 3.63) is 28.8 Å². The van der Waals surface area contributed by atoms with Gasteiger partial charge < -0.3 is 4.74 Å². The van der Waals surface area contributed by atoms with E-state index in [0.717, 1.165) is 22.6 Å². The highest BCUT2D eigenvalue weighted by atomic mass is 35.5. The van der Waals surface area contributed by atoms with Gasteiger partial charge in [0.05, 0.1) is 13.5 Å². The first-order valence-corrected chi connectivity index (χ1v) is 6.51. The summed E-state index contributed by atoms with van der Waals surface area (Å²) in [4.78, 5) is 12.4. The minimum Gasteiger partial charge on any atom is -0.469 e. The molecule has 1 aromatic carbocycles. The first-order chi connectivity index (χ1) is 7.67. The Morgan fingerprint density at radius 3 is 2.88 bits per heavy atom. The molecule has 0 amide bonds. The molecule has 2 nitrogen and oxygen atoms in total. The number of esters is 1. The summed E-state index contributed by atoms with van der Waals surface area (Å²) in [6.45, 7) is 2.13. The van der Waals surface area contributed by atoms with Crippen molar-refractivity contribution in [2.45, 2.75) is 24.7 Å². The summed E-state index contributed by atoms with van der Waals surface area (Å²) in [7, 11) is 1.39. The van der Waals surface area contributed by atoms with Crippen molar-refractivity contribution in [1.29, 1.82) is 0 Å². The molecule has 0 atom stereocenters. The molecular weight excluding hydrogens is 244 g/mol. The van der Waals surface area contributed by atoms with Crippen molar-refractivity contribution in [3.63, 3.8) is 0 Å². The van der Waals surface area contributed by atoms with Gasteiger partial charge in [-0.2, -0.15) is 0 Å². The fraction of sp³-hybridized carbons (Fsp3) is 0.417. The van der Waals surface area contributed by atoms with E-state index in [1.165, 1.54) is 7.11 Å². The number of halogens is 1. The lowest BCUT2D eigenvalue weighted by Gasteiger charge is -2.08. The number of thioether (sulfide) groups is 1. The van der Waals surface area contributed by atoms with Crippen molar-refractivity contribution < 1.29 is 9.53 Å². The van der Waals surface area contributed by atoms with E-state index in [9.17, 15) is 4.79 Å². The van der Waals surface area contributed by atoms with E-state index in [4.69, 9.17) is 11.6 Å². The van der Waals surface area contributed by atoms with E-state index in [-0.39, 0.29) is 12.4 Å². The zero-order valence-electron chi connectivity index (χ0n) is 9.46. The first-order valence-electron chi connectivity index (χ1n) is 5.15. The second kappa shape index (κ2) is 6.81. The fourth-order valence-corrected chi connectivity index (χ4v) is 2.37. The van der Waals surface area contributed by atoms with Crippen LogP contribution in [-0.4, -0.2) is 18.8 Å². The number of carbonyl (C=O) groups is 1. The average molecular weight is 259 g/mol. The number of benzene rings is 1. The molecule has 0 saturated heterocycles. The molecule has 88 valence electrons. The highest BCUT2D eigenvalue weighted by Crippen LogP contribution is 2.26. The third kappa shape index (κ3) is 4.06. The van der Waals surface area contributed by atoms with E-state index in [2.05, 4.69) is 11.7 Å². The summed E-state index contributed by atoms with van der Waals surface area (Å²) in [5.41, 5.74) is 0.942. The van der Waals surface area contributed by atoms with E-state index >= 15 is 0 Å². The largest absolute Gasteiger partial charge is 0.469 e. The molecule has 0 N–H and O–H groups in total. The van der Waals surface area contributed by atoms with Crippen LogP contribution >= 0.6 is 23.4 Å². The van der Waals surface area contributed by atoms with Gasteiger partial charge >= 0.3 is 5.97 Å². The van der Waals surface area contributed by atoms with Crippen LogP contribution in [0.3, 0.4) is 0 Å². The SMILES string of the molecule is CCCSc1ccc(Cl)cc1CC(=O)OC. The van der Waals surface area contributed by atoms with Crippen molar-refractivity contribution >= 4 is 29.3 Å². The van der Waals surface area contributed by atoms with Gasteiger partial charge in [0, 0.05) is 9.92 Å². The number of hydrogen-bond acceptors (Lipinski definition) is 3. The fourth-order valence-electron chi connectivity index (χ4n) is 1.27. The van der Waals surface area contributed by atoms with Gasteiger partial charge in [0.15, 0.2) is 0 Å². The van der Waals surface area contributed by atoms with Gasteiger partial charge in [-0.1, -0.05) is 18.5 Å². The molecule has 1 rings (SSSR count). The topological polar surface area (TPSA) is 26.3 Å². The molecule has 0 aliphatic carbocycles. The van der Waals surface area contributed by atoms with Gasteiger partial charge in [-0.25, -0.2) is 0 Å². The molecule has 0 bridgehead atoms. The van der Waals surface area contributed by atoms with Crippen LogP contribution in [0.15, 0.2) is 23.1 Å². The molecule has 0 aromatic heterocycles. The molecule has 0 aliphatic heterocycles. The first kappa shape index (κ1) is 13.4. The zero-order valence-corrected chi connectivity index (χ0v) is 11.0. The maximum absolute atomic E-state index is 11.2. The number of carbonyl (C=O) groups excluding carboxylic acids is 1. The molecule has 0 spiro atoms. The lowest BCUT2D eigenvalue weighted by Crippen LogP contribution is -2.05. The summed E-state index contributed by atoms with van der Waals surface area (Å²) in [5.74, 6) is 0.802. The molecular formula is C12H15ClO2S. The standard InChI is InChI=1S/C12H15ClO2S/c1-3-6-16-11-5-4-10(13)7-9(11)8-12(14)15-2/h4-5,7H,3,6,8H2,1-2H3. The van der Waals surface area contributed by atoms with Gasteiger partial charge in [-0.3, -0.25) is 4.79 Å². The Hall–Kier alpha value is -0.670. The van der Waals surface area contributed by atoms with Crippen LogP contribution in [0.5, 0.6) is 0 Å². The predicted octanol–water partition coefficient (Wildman–Crippen LogP) is 3.56. The molecule has 0 aliphatic rings. The quantitative estimate of drug-likeness (QED) is 0.597. The molecule has 1 aromatic rings. The molecule has 4 heteroatoms. The van der Waals surface area contributed by atoms with Gasteiger partial charge in [0.25, 0.3) is 0 Å². The van der Waals surface area contributed by atoms with Gasteiger partial charge in [0.2, 0.25) is 0 Å². The molecule has 0 unspecified atom stereocenters. The zero-order chi connectivity index (χ0) is 12.0. The van der Waals surface area contributed by atoms with Crippen LogP contribution in [-0.2, 0) is 16.0 Å². The summed E-state index contributed by atoms with van der Waals surface area (Å²) in [6, 6.07) is 5.64. The normalized spacial score (nSPS) is 10.2. The highest BCUT2D eigenvalue weighted by Gasteiger charge is 2.09. The number of rotatable bonds is 5. The van der Waals surface area contributed by atoms with Crippen molar-refractivity contribution in [2.24, 2.45) is 0 Å². The van der Waals surface area contributed by atoms with Crippen molar-refractivity contribution in [3.8, 4) is 0 Å². The maximum atomic E-state index is 11.2. The number of methoxy groups -OCH3 is 1. The Labute approximate surface area is 105 Å². The van der Waals surface area contributed by atoms with Crippen molar-refractivity contribution in [2.75, 3.05) is 12.9 Å². The van der Waals surface area contributed by atoms with E-state index in [0.29, 0.717) is 5.02 Å². The smallest absolute Gasteiger partial charge is 0.310 e. The van der Waals surface area contributed by atoms with Crippen LogP contribution in [0, 0.1) is 0 Å². The van der Waals surface area contributed by atoms with Gasteiger partial charge in [-0.15, -0.1) is 11.8 Å². The third-order valence-electron chi connectivity index (χ3n) is 2.05. The van der Waals surface area contributed by atoms with Crippen LogP contribution in [0.2, 0.25) is 5.02 Å². The second-order valence-corrected chi connectivity index (χ2v) is 4.93. The summed E-state index contributed by atoms with van der Waals surface area (Å²) in [5, 5.41) is 0.653. The van der Waals surface area contributed by atoms with E-state index in [1.54, 1.807) is 11.8 Å². The van der Waals surface area contributed by atoms with Crippen LogP contribution < -0.4 is 0 Å². The predicted molar refractivity (Wildman–Crippen MR) is 68.2 cm³/mol. The van der Waals surface area contributed by atoms with E-state index < -0.39 is 0 Å². The van der Waals surface area contributed by atoms with Gasteiger partial charge in [0.1, 0.15) is 0 Å². The van der Waals surface area contributed by atoms with Gasteiger partial charge in [-0.05, 0) is 35.9 Å². The molecule has 0 radical (unpaired) electrons. The summed E-state index contributed by atoms with van der Waals surface area (Å²) in [6.07, 6.45) is 1.38. The molecule has 0 fully saturated rings. The van der Waals surface area contributed by atoms with E-state index in [1.807, 2.05) is 18.2 Å². The van der Waals surface area contributed by atoms with Crippen LogP contribution in [0.25, 0.3) is 0 Å². The minimum absolute atomic E-state index is 0.236. The Kier molecular flexibility index (Phi) is 5.71. The maximum Gasteiger partial charge on any atom is 0.310 e. The Balaban J connectivity index is 2.84. The van der Waals surface area contributed by atoms with Crippen LogP contribution in [0.4, 0.5) is 0 Å². The van der Waals surface area contributed by atoms with Crippen LogP contribution in [0.1, 0.15) is 18.9 Å². The lowest BCUT2D eigenvalue weighted by molar-refractivity contribution is -0.139. The van der Waals surface area contributed by atoms with Crippen molar-refractivity contribution in [1.82, 2.24) is 0 Å². The Morgan fingerprint density at radius 1 is 1.50 bits per heavy atom. The molecule has 0 saturated carbocycles. The molecule has 0 heterocycles. The third-order valence-corrected chi connectivity index (χ3v) is 3.60. The Morgan fingerprint density at radius 2 is 2.25 bits per heavy atom. The highest BCUT2D eigenvalue weighted by molar-refractivity contribution is 7.99. The Bertz CT molecular complexity index is 366. The number of ether oxygens (including phenoxy) is 1. The molecule has 16 heavy (non-hydrogen) atoms. The summed E-state index contributed by atoms with van der Waals surface area (Å²) < 4.78 is 4.66. The summed E-state index contributed by atoms with van der Waals surface area (Å²) >= 11 is 7.66. The minimum atomic E-state index is -0.236.